The third-order valence-corrected chi connectivity index (χ3v) is 7.99. The van der Waals surface area contributed by atoms with E-state index in [1.165, 1.54) is 24.3 Å². The predicted octanol–water partition coefficient (Wildman–Crippen LogP) is -2.43. The van der Waals surface area contributed by atoms with E-state index in [0.717, 1.165) is 0 Å². The van der Waals surface area contributed by atoms with E-state index >= 15 is 0 Å². The Morgan fingerprint density at radius 1 is 0.660 bits per heavy atom. The number of aromatic hydroxyl groups is 1. The van der Waals surface area contributed by atoms with Crippen LogP contribution in [0.1, 0.15) is 57.9 Å². The molecule has 282 valence electrons. The third-order valence-electron chi connectivity index (χ3n) is 7.63. The lowest BCUT2D eigenvalue weighted by Crippen LogP contribution is -2.60. The van der Waals surface area contributed by atoms with E-state index in [2.05, 4.69) is 39.2 Å². The van der Waals surface area contributed by atoms with Gasteiger partial charge in [-0.25, -0.2) is 4.79 Å². The van der Waals surface area contributed by atoms with Gasteiger partial charge in [-0.2, -0.15) is 12.6 Å². The quantitative estimate of drug-likeness (QED) is 0.0391. The number of rotatable bonds is 24. The fraction of sp³-hybridized carbons (Fsp3) is 0.625. The average Bonchev–Trinajstić information content (AvgIpc) is 3.06. The third kappa shape index (κ3) is 16.2. The van der Waals surface area contributed by atoms with Crippen molar-refractivity contribution < 1.29 is 39.0 Å². The molecule has 0 heterocycles. The normalized spacial score (nSPS) is 14.7. The number of hydrogen-bond donors (Lipinski definition) is 12. The minimum absolute atomic E-state index is 0.00170. The van der Waals surface area contributed by atoms with Crippen LogP contribution in [-0.4, -0.2) is 107 Å². The molecule has 0 radical (unpaired) electrons. The fourth-order valence-corrected chi connectivity index (χ4v) is 5.10. The number of thiol groups is 1. The van der Waals surface area contributed by atoms with Gasteiger partial charge in [-0.3, -0.25) is 24.0 Å². The SMILES string of the molecule is CC(C)C[C@H](NC(=O)[C@H](CCN)NC(=O)[C@H](CS)NC(=O)[C@H](CCCCN)NC(=O)[C@@H](N)CCN)C(=O)N[C@@H](Cc1ccc(O)cc1)C(=O)O. The second-order valence-corrected chi connectivity index (χ2v) is 12.7. The molecule has 0 fully saturated rings. The summed E-state index contributed by atoms with van der Waals surface area (Å²) in [7, 11) is 0. The van der Waals surface area contributed by atoms with E-state index in [9.17, 15) is 39.0 Å². The summed E-state index contributed by atoms with van der Waals surface area (Å²) < 4.78 is 0. The highest BCUT2D eigenvalue weighted by atomic mass is 32.1. The Hall–Kier alpha value is -3.97. The highest BCUT2D eigenvalue weighted by Gasteiger charge is 2.32. The molecule has 50 heavy (non-hydrogen) atoms. The minimum Gasteiger partial charge on any atom is -0.508 e. The van der Waals surface area contributed by atoms with Crippen molar-refractivity contribution in [3.05, 3.63) is 29.8 Å². The van der Waals surface area contributed by atoms with E-state index in [1.807, 2.05) is 13.8 Å². The number of nitrogens with two attached hydrogens (primary N) is 4. The van der Waals surface area contributed by atoms with Crippen LogP contribution in [0.25, 0.3) is 0 Å². The molecule has 1 rings (SSSR count). The van der Waals surface area contributed by atoms with Gasteiger partial charge in [0.1, 0.15) is 36.0 Å². The molecule has 0 aliphatic heterocycles. The largest absolute Gasteiger partial charge is 0.508 e. The van der Waals surface area contributed by atoms with Crippen molar-refractivity contribution in [3.63, 3.8) is 0 Å². The molecule has 0 saturated carbocycles. The van der Waals surface area contributed by atoms with Gasteiger partial charge in [-0.15, -0.1) is 0 Å². The first-order valence-electron chi connectivity index (χ1n) is 16.7. The number of phenols is 1. The molecule has 0 spiro atoms. The Morgan fingerprint density at radius 3 is 1.66 bits per heavy atom. The lowest BCUT2D eigenvalue weighted by molar-refractivity contribution is -0.142. The van der Waals surface area contributed by atoms with Gasteiger partial charge < -0.3 is 59.7 Å². The molecule has 0 bridgehead atoms. The summed E-state index contributed by atoms with van der Waals surface area (Å²) in [5.74, 6) is -5.07. The van der Waals surface area contributed by atoms with Crippen LogP contribution in [0.3, 0.4) is 0 Å². The van der Waals surface area contributed by atoms with Crippen LogP contribution in [0.2, 0.25) is 0 Å². The summed E-state index contributed by atoms with van der Waals surface area (Å²) in [5.41, 5.74) is 23.2. The molecule has 1 aromatic rings. The first kappa shape index (κ1) is 44.1. The number of carbonyl (C=O) groups excluding carboxylic acids is 5. The van der Waals surface area contributed by atoms with Crippen molar-refractivity contribution in [2.45, 2.75) is 95.0 Å². The number of benzene rings is 1. The van der Waals surface area contributed by atoms with Crippen LogP contribution in [0, 0.1) is 5.92 Å². The van der Waals surface area contributed by atoms with Gasteiger partial charge in [0.15, 0.2) is 0 Å². The number of hydrogen-bond acceptors (Lipinski definition) is 12. The summed E-state index contributed by atoms with van der Waals surface area (Å²) in [4.78, 5) is 77.8. The van der Waals surface area contributed by atoms with E-state index in [1.54, 1.807) is 0 Å². The standard InChI is InChI=1S/C32H55N9O8S/c1-18(2)15-24(30(46)40-25(32(48)49)16-19-6-8-20(42)9-7-19)39-29(45)23(11-14-35)38-31(47)26(17-50)41-28(44)22(5-3-4-12-33)37-27(43)21(36)10-13-34/h6-9,18,21-26,42,50H,3-5,10-17,33-36H2,1-2H3,(H,37,43)(H,38,47)(H,39,45)(H,40,46)(H,41,44)(H,48,49)/t21-,22-,23-,24-,25-,26-/m0/s1. The molecule has 6 atom stereocenters. The van der Waals surface area contributed by atoms with Crippen LogP contribution in [0.4, 0.5) is 0 Å². The molecule has 0 aromatic heterocycles. The molecule has 0 saturated heterocycles. The smallest absolute Gasteiger partial charge is 0.326 e. The monoisotopic (exact) mass is 725 g/mol. The van der Waals surface area contributed by atoms with E-state index in [-0.39, 0.29) is 62.6 Å². The van der Waals surface area contributed by atoms with Crippen LogP contribution in [0.15, 0.2) is 24.3 Å². The Bertz CT molecular complexity index is 1250. The minimum atomic E-state index is -1.33. The van der Waals surface area contributed by atoms with Crippen molar-refractivity contribution in [2.75, 3.05) is 25.4 Å². The van der Waals surface area contributed by atoms with Crippen LogP contribution in [0.5, 0.6) is 5.75 Å². The van der Waals surface area contributed by atoms with E-state index in [4.69, 9.17) is 22.9 Å². The summed E-state index contributed by atoms with van der Waals surface area (Å²) in [6.45, 7) is 4.15. The van der Waals surface area contributed by atoms with Gasteiger partial charge in [0, 0.05) is 12.2 Å². The maximum absolute atomic E-state index is 13.4. The van der Waals surface area contributed by atoms with E-state index in [0.29, 0.717) is 24.9 Å². The van der Waals surface area contributed by atoms with Gasteiger partial charge >= 0.3 is 5.97 Å². The Kier molecular flexibility index (Phi) is 20.6. The number of carboxylic acids is 1. The second-order valence-electron chi connectivity index (χ2n) is 12.4. The van der Waals surface area contributed by atoms with Gasteiger partial charge in [-0.05, 0) is 81.8 Å². The molecule has 15 N–H and O–H groups in total. The van der Waals surface area contributed by atoms with Crippen molar-refractivity contribution in [1.82, 2.24) is 26.6 Å². The van der Waals surface area contributed by atoms with Crippen LogP contribution >= 0.6 is 12.6 Å². The number of aliphatic carboxylic acids is 1. The van der Waals surface area contributed by atoms with Crippen molar-refractivity contribution in [3.8, 4) is 5.75 Å². The average molecular weight is 726 g/mol. The zero-order valence-corrected chi connectivity index (χ0v) is 29.6. The molecule has 0 aliphatic rings. The topological polar surface area (TPSA) is 307 Å². The number of carbonyl (C=O) groups is 6. The highest BCUT2D eigenvalue weighted by molar-refractivity contribution is 7.80. The van der Waals surface area contributed by atoms with Crippen LogP contribution in [-0.2, 0) is 35.2 Å². The molecule has 1 aromatic carbocycles. The molecule has 0 aliphatic carbocycles. The first-order chi connectivity index (χ1) is 23.7. The Labute approximate surface area is 298 Å². The van der Waals surface area contributed by atoms with Crippen molar-refractivity contribution in [1.29, 1.82) is 0 Å². The van der Waals surface area contributed by atoms with Gasteiger partial charge in [-0.1, -0.05) is 26.0 Å². The second kappa shape index (κ2) is 23.4. The zero-order valence-electron chi connectivity index (χ0n) is 28.7. The molecule has 5 amide bonds. The van der Waals surface area contributed by atoms with Gasteiger partial charge in [0.2, 0.25) is 29.5 Å². The highest BCUT2D eigenvalue weighted by Crippen LogP contribution is 2.13. The lowest BCUT2D eigenvalue weighted by atomic mass is 10.0. The number of unbranched alkanes of at least 4 members (excludes halogenated alkanes) is 1. The zero-order chi connectivity index (χ0) is 37.8. The molecule has 0 unspecified atom stereocenters. The number of amides is 5. The number of nitrogens with one attached hydrogen (secondary N) is 5. The predicted molar refractivity (Wildman–Crippen MR) is 191 cm³/mol. The van der Waals surface area contributed by atoms with E-state index < -0.39 is 71.8 Å². The molecular weight excluding hydrogens is 670 g/mol. The Balaban J connectivity index is 3.06. The lowest BCUT2D eigenvalue weighted by Gasteiger charge is -2.27. The summed E-state index contributed by atoms with van der Waals surface area (Å²) >= 11 is 4.20. The number of carboxylic acid groups (broad SMARTS) is 1. The van der Waals surface area contributed by atoms with Crippen molar-refractivity contribution >= 4 is 48.1 Å². The van der Waals surface area contributed by atoms with Crippen molar-refractivity contribution in [2.24, 2.45) is 28.9 Å². The fourth-order valence-electron chi connectivity index (χ4n) is 4.84. The molecular formula is C32H55N9O8S. The maximum atomic E-state index is 13.4. The Morgan fingerprint density at radius 2 is 1.14 bits per heavy atom. The summed E-state index contributed by atoms with van der Waals surface area (Å²) in [6, 6.07) is -1.06. The number of phenolic OH excluding ortho intramolecular Hbond substituents is 1. The summed E-state index contributed by atoms with van der Waals surface area (Å²) in [6.07, 6.45) is 1.56. The van der Waals surface area contributed by atoms with Gasteiger partial charge in [0.05, 0.1) is 6.04 Å². The van der Waals surface area contributed by atoms with Gasteiger partial charge in [0.25, 0.3) is 0 Å². The maximum Gasteiger partial charge on any atom is 0.326 e. The molecule has 18 heteroatoms. The van der Waals surface area contributed by atoms with Crippen LogP contribution < -0.4 is 49.5 Å². The molecule has 17 nitrogen and oxygen atoms in total. The summed E-state index contributed by atoms with van der Waals surface area (Å²) in [5, 5.41) is 32.1. The first-order valence-corrected chi connectivity index (χ1v) is 17.3.